The Labute approximate surface area is 154 Å². The maximum Gasteiger partial charge on any atom is 0.178 e. The minimum Gasteiger partial charge on any atom is -0.318 e. The molecule has 136 valence electrons. The molecule has 0 radical (unpaired) electrons. The standard InChI is InChI=1S/C21H26N4O/c1-15-6-8-19(9-7-15)25-16(2)10-20(17(25)3)21(26)14-23(4)12-18-11-22-24(5)13-18/h6-11,13H,12,14H2,1-5H3. The zero-order chi connectivity index (χ0) is 18.8. The number of hydrogen-bond acceptors (Lipinski definition) is 3. The summed E-state index contributed by atoms with van der Waals surface area (Å²) >= 11 is 0. The lowest BCUT2D eigenvalue weighted by atomic mass is 10.1. The third-order valence-electron chi connectivity index (χ3n) is 4.65. The van der Waals surface area contributed by atoms with Gasteiger partial charge in [-0.3, -0.25) is 14.4 Å². The van der Waals surface area contributed by atoms with Crippen LogP contribution in [0.3, 0.4) is 0 Å². The molecule has 1 aromatic carbocycles. The Bertz CT molecular complexity index is 918. The molecule has 0 amide bonds. The van der Waals surface area contributed by atoms with E-state index in [1.807, 2.05) is 51.3 Å². The summed E-state index contributed by atoms with van der Waals surface area (Å²) in [4.78, 5) is 14.9. The van der Waals surface area contributed by atoms with Crippen molar-refractivity contribution in [2.75, 3.05) is 13.6 Å². The summed E-state index contributed by atoms with van der Waals surface area (Å²) in [6.07, 6.45) is 3.81. The summed E-state index contributed by atoms with van der Waals surface area (Å²) in [7, 11) is 3.86. The van der Waals surface area contributed by atoms with Crippen LogP contribution in [0.5, 0.6) is 0 Å². The van der Waals surface area contributed by atoms with Crippen LogP contribution in [0.1, 0.15) is 32.9 Å². The van der Waals surface area contributed by atoms with Crippen LogP contribution in [0.15, 0.2) is 42.7 Å². The smallest absolute Gasteiger partial charge is 0.178 e. The number of carbonyl (C=O) groups excluding carboxylic acids is 1. The number of ketones is 1. The first-order valence-electron chi connectivity index (χ1n) is 8.80. The highest BCUT2D eigenvalue weighted by atomic mass is 16.1. The molecule has 3 aromatic rings. The van der Waals surface area contributed by atoms with Crippen molar-refractivity contribution in [3.63, 3.8) is 0 Å². The Hall–Kier alpha value is -2.66. The van der Waals surface area contributed by atoms with Gasteiger partial charge in [0.05, 0.1) is 12.7 Å². The normalized spacial score (nSPS) is 11.3. The maximum absolute atomic E-state index is 12.8. The molecule has 0 aliphatic rings. The predicted molar refractivity (Wildman–Crippen MR) is 104 cm³/mol. The number of aryl methyl sites for hydroxylation is 3. The number of carbonyl (C=O) groups is 1. The summed E-state index contributed by atoms with van der Waals surface area (Å²) in [5, 5.41) is 4.18. The Morgan fingerprint density at radius 1 is 1.15 bits per heavy atom. The molecule has 0 spiro atoms. The molecular weight excluding hydrogens is 324 g/mol. The van der Waals surface area contributed by atoms with Gasteiger partial charge in [-0.05, 0) is 46.0 Å². The topological polar surface area (TPSA) is 43.1 Å². The fourth-order valence-electron chi connectivity index (χ4n) is 3.39. The van der Waals surface area contributed by atoms with Crippen LogP contribution in [0.2, 0.25) is 0 Å². The second-order valence-corrected chi connectivity index (χ2v) is 7.07. The summed E-state index contributed by atoms with van der Waals surface area (Å²) in [6, 6.07) is 10.4. The molecule has 0 unspecified atom stereocenters. The molecule has 0 atom stereocenters. The number of Topliss-reactive ketones (excluding diaryl/α,β-unsaturated/α-hetero) is 1. The van der Waals surface area contributed by atoms with Gasteiger partial charge in [0.2, 0.25) is 0 Å². The fraction of sp³-hybridized carbons (Fsp3) is 0.333. The molecule has 26 heavy (non-hydrogen) atoms. The van der Waals surface area contributed by atoms with Crippen molar-refractivity contribution >= 4 is 5.78 Å². The SMILES string of the molecule is Cc1ccc(-n2c(C)cc(C(=O)CN(C)Cc3cnn(C)c3)c2C)cc1. The largest absolute Gasteiger partial charge is 0.318 e. The van der Waals surface area contributed by atoms with E-state index in [0.29, 0.717) is 13.1 Å². The number of hydrogen-bond donors (Lipinski definition) is 0. The van der Waals surface area contributed by atoms with E-state index in [0.717, 1.165) is 28.2 Å². The first kappa shape index (κ1) is 18.1. The minimum atomic E-state index is 0.142. The Balaban J connectivity index is 1.77. The van der Waals surface area contributed by atoms with Crippen molar-refractivity contribution in [2.24, 2.45) is 7.05 Å². The lowest BCUT2D eigenvalue weighted by Crippen LogP contribution is -2.25. The summed E-state index contributed by atoms with van der Waals surface area (Å²) in [5.74, 6) is 0.142. The van der Waals surface area contributed by atoms with Gasteiger partial charge in [0.25, 0.3) is 0 Å². The Kier molecular flexibility index (Phi) is 5.09. The van der Waals surface area contributed by atoms with Crippen LogP contribution in [-0.2, 0) is 13.6 Å². The van der Waals surface area contributed by atoms with Crippen LogP contribution >= 0.6 is 0 Å². The molecule has 0 saturated heterocycles. The van der Waals surface area contributed by atoms with Crippen LogP contribution < -0.4 is 0 Å². The van der Waals surface area contributed by atoms with Gasteiger partial charge < -0.3 is 4.57 Å². The number of benzene rings is 1. The number of aromatic nitrogens is 3. The number of likely N-dealkylation sites (N-methyl/N-ethyl adjacent to an activating group) is 1. The van der Waals surface area contributed by atoms with E-state index in [1.165, 1.54) is 5.56 Å². The first-order chi connectivity index (χ1) is 12.3. The van der Waals surface area contributed by atoms with Crippen LogP contribution in [-0.4, -0.2) is 38.6 Å². The van der Waals surface area contributed by atoms with Crippen LogP contribution in [0, 0.1) is 20.8 Å². The van der Waals surface area contributed by atoms with Crippen molar-refractivity contribution in [2.45, 2.75) is 27.3 Å². The molecule has 0 bridgehead atoms. The molecule has 2 aromatic heterocycles. The quantitative estimate of drug-likeness (QED) is 0.640. The van der Waals surface area contributed by atoms with E-state index < -0.39 is 0 Å². The van der Waals surface area contributed by atoms with Gasteiger partial charge in [0.15, 0.2) is 5.78 Å². The van der Waals surface area contributed by atoms with Crippen molar-refractivity contribution < 1.29 is 4.79 Å². The third-order valence-corrected chi connectivity index (χ3v) is 4.65. The summed E-state index contributed by atoms with van der Waals surface area (Å²) in [5.41, 5.74) is 6.28. The average molecular weight is 350 g/mol. The molecule has 0 aliphatic heterocycles. The molecule has 3 rings (SSSR count). The average Bonchev–Trinajstić information content (AvgIpc) is 3.11. The van der Waals surface area contributed by atoms with Gasteiger partial charge in [-0.1, -0.05) is 17.7 Å². The second-order valence-electron chi connectivity index (χ2n) is 7.07. The lowest BCUT2D eigenvalue weighted by Gasteiger charge is -2.15. The highest BCUT2D eigenvalue weighted by molar-refractivity contribution is 5.99. The number of nitrogens with zero attached hydrogens (tertiary/aromatic N) is 4. The Morgan fingerprint density at radius 3 is 2.46 bits per heavy atom. The van der Waals surface area contributed by atoms with E-state index in [-0.39, 0.29) is 5.78 Å². The lowest BCUT2D eigenvalue weighted by molar-refractivity contribution is 0.0942. The molecule has 5 heteroatoms. The molecule has 2 heterocycles. The van der Waals surface area contributed by atoms with Gasteiger partial charge in [-0.15, -0.1) is 0 Å². The van der Waals surface area contributed by atoms with E-state index >= 15 is 0 Å². The number of rotatable bonds is 6. The summed E-state index contributed by atoms with van der Waals surface area (Å²) < 4.78 is 3.92. The van der Waals surface area contributed by atoms with Crippen molar-refractivity contribution in [3.8, 4) is 5.69 Å². The van der Waals surface area contributed by atoms with Crippen molar-refractivity contribution in [3.05, 3.63) is 70.8 Å². The van der Waals surface area contributed by atoms with Crippen molar-refractivity contribution in [1.29, 1.82) is 0 Å². The highest BCUT2D eigenvalue weighted by Crippen LogP contribution is 2.22. The van der Waals surface area contributed by atoms with E-state index in [1.54, 1.807) is 4.68 Å². The molecule has 5 nitrogen and oxygen atoms in total. The molecule has 0 aliphatic carbocycles. The van der Waals surface area contributed by atoms with Gasteiger partial charge in [0, 0.05) is 48.0 Å². The highest BCUT2D eigenvalue weighted by Gasteiger charge is 2.18. The fourth-order valence-corrected chi connectivity index (χ4v) is 3.39. The minimum absolute atomic E-state index is 0.142. The van der Waals surface area contributed by atoms with Crippen LogP contribution in [0.25, 0.3) is 5.69 Å². The molecule has 0 fully saturated rings. The Morgan fingerprint density at radius 2 is 1.85 bits per heavy atom. The van der Waals surface area contributed by atoms with Gasteiger partial charge in [0.1, 0.15) is 0 Å². The van der Waals surface area contributed by atoms with Gasteiger partial charge in [-0.2, -0.15) is 5.10 Å². The summed E-state index contributed by atoms with van der Waals surface area (Å²) in [6.45, 7) is 7.22. The monoisotopic (exact) mass is 350 g/mol. The van der Waals surface area contributed by atoms with Crippen molar-refractivity contribution in [1.82, 2.24) is 19.2 Å². The zero-order valence-electron chi connectivity index (χ0n) is 16.2. The van der Waals surface area contributed by atoms with Gasteiger partial charge in [-0.25, -0.2) is 0 Å². The first-order valence-corrected chi connectivity index (χ1v) is 8.80. The van der Waals surface area contributed by atoms with Crippen LogP contribution in [0.4, 0.5) is 0 Å². The molecule has 0 N–H and O–H groups in total. The van der Waals surface area contributed by atoms with Gasteiger partial charge >= 0.3 is 0 Å². The molecule has 0 saturated carbocycles. The zero-order valence-corrected chi connectivity index (χ0v) is 16.2. The van der Waals surface area contributed by atoms with E-state index in [4.69, 9.17) is 0 Å². The van der Waals surface area contributed by atoms with E-state index in [9.17, 15) is 4.79 Å². The van der Waals surface area contributed by atoms with E-state index in [2.05, 4.69) is 40.9 Å². The molecular formula is C21H26N4O. The third kappa shape index (κ3) is 3.78. The maximum atomic E-state index is 12.8. The second kappa shape index (κ2) is 7.30. The predicted octanol–water partition coefficient (Wildman–Crippen LogP) is 3.45.